The Labute approximate surface area is 122 Å². The molecule has 1 unspecified atom stereocenters. The van der Waals surface area contributed by atoms with E-state index in [1.807, 2.05) is 11.3 Å². The smallest absolute Gasteiger partial charge is 0.0488 e. The number of rotatable bonds is 6. The summed E-state index contributed by atoms with van der Waals surface area (Å²) in [4.78, 5) is 0. The number of hydrogen-bond donors (Lipinski definition) is 1. The highest BCUT2D eigenvalue weighted by Gasteiger charge is 2.14. The Morgan fingerprint density at radius 2 is 2.17 bits per heavy atom. The van der Waals surface area contributed by atoms with Gasteiger partial charge in [0.25, 0.3) is 0 Å². The third-order valence-corrected chi connectivity index (χ3v) is 5.37. The predicted molar refractivity (Wildman–Crippen MR) is 85.5 cm³/mol. The maximum absolute atomic E-state index is 3.64. The molecule has 0 saturated heterocycles. The molecular weight excluding hydrogens is 306 g/mol. The molecule has 0 spiro atoms. The van der Waals surface area contributed by atoms with E-state index in [0.717, 1.165) is 0 Å². The van der Waals surface area contributed by atoms with E-state index >= 15 is 0 Å². The van der Waals surface area contributed by atoms with Crippen molar-refractivity contribution in [3.05, 3.63) is 33.6 Å². The molecule has 18 heavy (non-hydrogen) atoms. The monoisotopic (exact) mass is 325 g/mol. The number of hydrogen-bond acceptors (Lipinski definition) is 2. The molecule has 1 atom stereocenters. The minimum absolute atomic E-state index is 0.486. The Kier molecular flexibility index (Phi) is 5.22. The zero-order valence-corrected chi connectivity index (χ0v) is 13.4. The highest BCUT2D eigenvalue weighted by atomic mass is 79.9. The lowest BCUT2D eigenvalue weighted by Gasteiger charge is -2.15. The van der Waals surface area contributed by atoms with Crippen molar-refractivity contribution in [1.82, 2.24) is 5.32 Å². The second-order valence-electron chi connectivity index (χ2n) is 4.64. The normalized spacial score (nSPS) is 13.1. The summed E-state index contributed by atoms with van der Waals surface area (Å²) in [5.74, 6) is 0. The van der Waals surface area contributed by atoms with Crippen molar-refractivity contribution < 1.29 is 0 Å². The molecule has 2 aromatic rings. The second-order valence-corrected chi connectivity index (χ2v) is 6.38. The Morgan fingerprint density at radius 3 is 2.89 bits per heavy atom. The van der Waals surface area contributed by atoms with Crippen LogP contribution in [0.3, 0.4) is 0 Å². The summed E-state index contributed by atoms with van der Waals surface area (Å²) in [5, 5.41) is 7.17. The van der Waals surface area contributed by atoms with E-state index in [2.05, 4.69) is 58.8 Å². The first kappa shape index (κ1) is 14.0. The molecule has 0 radical (unpaired) electrons. The fraction of sp³-hybridized carbons (Fsp3) is 0.467. The molecule has 1 heterocycles. The minimum Gasteiger partial charge on any atom is -0.313 e. The molecule has 0 aliphatic rings. The van der Waals surface area contributed by atoms with Crippen LogP contribution in [0.1, 0.15) is 44.2 Å². The molecular formula is C15H20BrNS. The molecule has 0 bridgehead atoms. The SMILES string of the molecule is CCCCCC(NC)c1csc2c(Br)cccc12. The summed E-state index contributed by atoms with van der Waals surface area (Å²) in [6.45, 7) is 2.26. The maximum atomic E-state index is 3.64. The van der Waals surface area contributed by atoms with Crippen molar-refractivity contribution in [3.8, 4) is 0 Å². The van der Waals surface area contributed by atoms with Crippen LogP contribution in [0.25, 0.3) is 10.1 Å². The number of thiophene rings is 1. The van der Waals surface area contributed by atoms with Gasteiger partial charge in [-0.3, -0.25) is 0 Å². The van der Waals surface area contributed by atoms with Crippen LogP contribution in [0.5, 0.6) is 0 Å². The lowest BCUT2D eigenvalue weighted by atomic mass is 10.00. The highest BCUT2D eigenvalue weighted by Crippen LogP contribution is 2.36. The van der Waals surface area contributed by atoms with Crippen LogP contribution in [0.2, 0.25) is 0 Å². The van der Waals surface area contributed by atoms with Gasteiger partial charge in [0, 0.05) is 15.2 Å². The molecule has 0 saturated carbocycles. The lowest BCUT2D eigenvalue weighted by molar-refractivity contribution is 0.515. The fourth-order valence-corrected chi connectivity index (χ4v) is 4.04. The van der Waals surface area contributed by atoms with Gasteiger partial charge in [-0.05, 0) is 51.8 Å². The zero-order valence-electron chi connectivity index (χ0n) is 11.0. The van der Waals surface area contributed by atoms with E-state index < -0.39 is 0 Å². The Hall–Kier alpha value is -0.380. The summed E-state index contributed by atoms with van der Waals surface area (Å²) in [5.41, 5.74) is 1.45. The molecule has 3 heteroatoms. The first-order chi connectivity index (χ1) is 8.77. The van der Waals surface area contributed by atoms with Gasteiger partial charge in [-0.1, -0.05) is 38.3 Å². The summed E-state index contributed by atoms with van der Waals surface area (Å²) in [6.07, 6.45) is 5.13. The second kappa shape index (κ2) is 6.69. The van der Waals surface area contributed by atoms with E-state index in [0.29, 0.717) is 6.04 Å². The van der Waals surface area contributed by atoms with Gasteiger partial charge in [0.15, 0.2) is 0 Å². The molecule has 2 rings (SSSR count). The van der Waals surface area contributed by atoms with E-state index in [1.54, 1.807) is 0 Å². The summed E-state index contributed by atoms with van der Waals surface area (Å²) < 4.78 is 2.57. The largest absolute Gasteiger partial charge is 0.313 e. The molecule has 98 valence electrons. The lowest BCUT2D eigenvalue weighted by Crippen LogP contribution is -2.15. The van der Waals surface area contributed by atoms with Crippen molar-refractivity contribution in [3.63, 3.8) is 0 Å². The van der Waals surface area contributed by atoms with Gasteiger partial charge >= 0.3 is 0 Å². The van der Waals surface area contributed by atoms with Crippen molar-refractivity contribution in [2.24, 2.45) is 0 Å². The number of fused-ring (bicyclic) bond motifs is 1. The Bertz CT molecular complexity index is 506. The van der Waals surface area contributed by atoms with Crippen molar-refractivity contribution in [1.29, 1.82) is 0 Å². The molecule has 0 aliphatic carbocycles. The number of unbranched alkanes of at least 4 members (excludes halogenated alkanes) is 2. The van der Waals surface area contributed by atoms with Crippen LogP contribution in [-0.4, -0.2) is 7.05 Å². The molecule has 1 N–H and O–H groups in total. The molecule has 0 aliphatic heterocycles. The van der Waals surface area contributed by atoms with Gasteiger partial charge in [-0.15, -0.1) is 11.3 Å². The Balaban J connectivity index is 2.25. The molecule has 0 fully saturated rings. The molecule has 1 aromatic heterocycles. The Morgan fingerprint density at radius 1 is 1.33 bits per heavy atom. The average Bonchev–Trinajstić information content (AvgIpc) is 2.80. The van der Waals surface area contributed by atoms with Crippen LogP contribution < -0.4 is 5.32 Å². The van der Waals surface area contributed by atoms with Gasteiger partial charge in [-0.2, -0.15) is 0 Å². The van der Waals surface area contributed by atoms with Gasteiger partial charge in [-0.25, -0.2) is 0 Å². The van der Waals surface area contributed by atoms with Gasteiger partial charge in [0.1, 0.15) is 0 Å². The fourth-order valence-electron chi connectivity index (χ4n) is 2.37. The first-order valence-electron chi connectivity index (χ1n) is 6.60. The molecule has 1 aromatic carbocycles. The van der Waals surface area contributed by atoms with Crippen molar-refractivity contribution >= 4 is 37.4 Å². The van der Waals surface area contributed by atoms with E-state index in [1.165, 1.54) is 45.8 Å². The van der Waals surface area contributed by atoms with Crippen LogP contribution in [0.15, 0.2) is 28.1 Å². The molecule has 1 nitrogen and oxygen atoms in total. The van der Waals surface area contributed by atoms with E-state index in [4.69, 9.17) is 0 Å². The van der Waals surface area contributed by atoms with Crippen LogP contribution in [0, 0.1) is 0 Å². The average molecular weight is 326 g/mol. The van der Waals surface area contributed by atoms with Crippen LogP contribution in [-0.2, 0) is 0 Å². The standard InChI is InChI=1S/C15H20BrNS/c1-3-4-5-9-14(17-2)12-10-18-15-11(12)7-6-8-13(15)16/h6-8,10,14,17H,3-5,9H2,1-2H3. The maximum Gasteiger partial charge on any atom is 0.0488 e. The van der Waals surface area contributed by atoms with Gasteiger partial charge < -0.3 is 5.32 Å². The molecule has 0 amide bonds. The quantitative estimate of drug-likeness (QED) is 0.691. The van der Waals surface area contributed by atoms with E-state index in [9.17, 15) is 0 Å². The van der Waals surface area contributed by atoms with Gasteiger partial charge in [0.2, 0.25) is 0 Å². The third kappa shape index (κ3) is 2.95. The van der Waals surface area contributed by atoms with E-state index in [-0.39, 0.29) is 0 Å². The zero-order chi connectivity index (χ0) is 13.0. The summed E-state index contributed by atoms with van der Waals surface area (Å²) >= 11 is 5.47. The highest BCUT2D eigenvalue weighted by molar-refractivity contribution is 9.10. The number of benzene rings is 1. The summed E-state index contributed by atoms with van der Waals surface area (Å²) in [6, 6.07) is 6.96. The first-order valence-corrected chi connectivity index (χ1v) is 8.28. The van der Waals surface area contributed by atoms with Crippen molar-refractivity contribution in [2.45, 2.75) is 38.6 Å². The number of halogens is 1. The third-order valence-electron chi connectivity index (χ3n) is 3.40. The van der Waals surface area contributed by atoms with Gasteiger partial charge in [0.05, 0.1) is 0 Å². The van der Waals surface area contributed by atoms with Crippen molar-refractivity contribution in [2.75, 3.05) is 7.05 Å². The topological polar surface area (TPSA) is 12.0 Å². The summed E-state index contributed by atoms with van der Waals surface area (Å²) in [7, 11) is 2.07. The van der Waals surface area contributed by atoms with Crippen LogP contribution >= 0.6 is 27.3 Å². The number of nitrogens with one attached hydrogen (secondary N) is 1. The predicted octanol–water partition coefficient (Wildman–Crippen LogP) is 5.50. The minimum atomic E-state index is 0.486. The van der Waals surface area contributed by atoms with Crippen LogP contribution in [0.4, 0.5) is 0 Å².